The molecule has 0 saturated carbocycles. The van der Waals surface area contributed by atoms with Crippen LogP contribution >= 0.6 is 45.8 Å². The lowest BCUT2D eigenvalue weighted by Gasteiger charge is -2.02. The van der Waals surface area contributed by atoms with Gasteiger partial charge in [0.2, 0.25) is 5.90 Å². The summed E-state index contributed by atoms with van der Waals surface area (Å²) in [4.78, 5) is 16.3. The highest BCUT2D eigenvalue weighted by molar-refractivity contribution is 14.1. The molecule has 0 bridgehead atoms. The number of hydrogen-bond acceptors (Lipinski definition) is 3. The topological polar surface area (TPSA) is 38.7 Å². The van der Waals surface area contributed by atoms with Crippen LogP contribution in [-0.4, -0.2) is 11.9 Å². The second-order valence-corrected chi connectivity index (χ2v) is 6.91. The number of cyclic esters (lactones) is 1. The molecule has 0 aromatic heterocycles. The summed E-state index contributed by atoms with van der Waals surface area (Å²) in [6.07, 6.45) is 1.54. The number of halogens is 3. The lowest BCUT2D eigenvalue weighted by atomic mass is 10.1. The molecule has 0 spiro atoms. The monoisotopic (exact) mass is 457 g/mol. The van der Waals surface area contributed by atoms with E-state index in [0.29, 0.717) is 15.6 Å². The zero-order valence-corrected chi connectivity index (χ0v) is 15.6. The van der Waals surface area contributed by atoms with Crippen LogP contribution in [0.3, 0.4) is 0 Å². The molecule has 3 rings (SSSR count). The van der Waals surface area contributed by atoms with Crippen LogP contribution < -0.4 is 0 Å². The molecule has 3 nitrogen and oxygen atoms in total. The van der Waals surface area contributed by atoms with Crippen LogP contribution in [0.4, 0.5) is 0 Å². The van der Waals surface area contributed by atoms with Crippen molar-refractivity contribution in [3.05, 3.63) is 72.4 Å². The van der Waals surface area contributed by atoms with Crippen molar-refractivity contribution in [1.82, 2.24) is 0 Å². The van der Waals surface area contributed by atoms with Crippen LogP contribution in [0.2, 0.25) is 10.0 Å². The minimum atomic E-state index is -0.521. The minimum Gasteiger partial charge on any atom is -0.402 e. The number of nitrogens with zero attached hydrogens (tertiary/aromatic N) is 1. The van der Waals surface area contributed by atoms with Gasteiger partial charge in [-0.1, -0.05) is 29.3 Å². The third-order valence-corrected chi connectivity index (χ3v) is 5.18. The molecule has 0 radical (unpaired) electrons. The molecule has 0 fully saturated rings. The van der Waals surface area contributed by atoms with Crippen molar-refractivity contribution in [2.24, 2.45) is 4.99 Å². The van der Waals surface area contributed by atoms with Gasteiger partial charge >= 0.3 is 5.97 Å². The maximum absolute atomic E-state index is 12.0. The molecule has 23 heavy (non-hydrogen) atoms. The van der Waals surface area contributed by atoms with Gasteiger partial charge in [0.1, 0.15) is 0 Å². The first-order chi connectivity index (χ1) is 11.0. The minimum absolute atomic E-state index is 0.172. The fraction of sp³-hybridized carbons (Fsp3) is 0.0588. The third kappa shape index (κ3) is 3.44. The Labute approximate surface area is 157 Å². The molecule has 0 atom stereocenters. The lowest BCUT2D eigenvalue weighted by Crippen LogP contribution is -2.05. The fourth-order valence-electron chi connectivity index (χ4n) is 2.10. The first-order valence-corrected chi connectivity index (χ1v) is 8.52. The molecule has 0 aliphatic carbocycles. The Hall–Kier alpha value is -1.37. The van der Waals surface area contributed by atoms with Gasteiger partial charge < -0.3 is 4.74 Å². The third-order valence-electron chi connectivity index (χ3n) is 3.31. The first-order valence-electron chi connectivity index (χ1n) is 6.69. The molecule has 6 heteroatoms. The van der Waals surface area contributed by atoms with E-state index in [1.54, 1.807) is 24.3 Å². The Kier molecular flexibility index (Phi) is 4.75. The Morgan fingerprint density at radius 3 is 2.52 bits per heavy atom. The highest BCUT2D eigenvalue weighted by atomic mass is 127. The number of benzene rings is 2. The second kappa shape index (κ2) is 6.63. The highest BCUT2D eigenvalue weighted by Crippen LogP contribution is 2.29. The van der Waals surface area contributed by atoms with Crippen LogP contribution in [0.25, 0.3) is 6.08 Å². The zero-order valence-electron chi connectivity index (χ0n) is 11.9. The summed E-state index contributed by atoms with van der Waals surface area (Å²) in [5.41, 5.74) is 2.57. The normalized spacial score (nSPS) is 15.7. The van der Waals surface area contributed by atoms with Crippen molar-refractivity contribution in [2.75, 3.05) is 0 Å². The predicted octanol–water partition coefficient (Wildman–Crippen LogP) is 5.25. The van der Waals surface area contributed by atoms with Crippen LogP contribution in [0, 0.1) is 10.5 Å². The maximum atomic E-state index is 12.0. The second-order valence-electron chi connectivity index (χ2n) is 4.94. The zero-order chi connectivity index (χ0) is 16.6. The van der Waals surface area contributed by atoms with Crippen molar-refractivity contribution in [3.63, 3.8) is 0 Å². The quantitative estimate of drug-likeness (QED) is 0.351. The summed E-state index contributed by atoms with van der Waals surface area (Å²) >= 11 is 14.5. The number of ether oxygens (including phenoxy) is 1. The van der Waals surface area contributed by atoms with Crippen LogP contribution in [0.15, 0.2) is 47.1 Å². The van der Waals surface area contributed by atoms with Gasteiger partial charge in [0, 0.05) is 24.7 Å². The van der Waals surface area contributed by atoms with E-state index in [0.717, 1.165) is 14.7 Å². The molecule has 2 aromatic carbocycles. The standard InChI is InChI=1S/C17H10Cl2INO2/c1-9-7-10(5-6-14(9)20)16-21-15(17(22)23-16)8-11-12(18)3-2-4-13(11)19/h2-8H,1H3/b15-8-. The van der Waals surface area contributed by atoms with Gasteiger partial charge in [0.15, 0.2) is 5.70 Å². The summed E-state index contributed by atoms with van der Waals surface area (Å²) in [5.74, 6) is -0.240. The summed E-state index contributed by atoms with van der Waals surface area (Å²) in [7, 11) is 0. The molecule has 0 amide bonds. The van der Waals surface area contributed by atoms with E-state index in [4.69, 9.17) is 27.9 Å². The number of esters is 1. The van der Waals surface area contributed by atoms with Crippen molar-refractivity contribution >= 4 is 63.7 Å². The SMILES string of the molecule is Cc1cc(C2=N/C(=C\c3c(Cl)cccc3Cl)C(=O)O2)ccc1I. The Bertz CT molecular complexity index is 855. The van der Waals surface area contributed by atoms with Crippen LogP contribution in [0.5, 0.6) is 0 Å². The van der Waals surface area contributed by atoms with Crippen molar-refractivity contribution in [2.45, 2.75) is 6.92 Å². The molecular weight excluding hydrogens is 448 g/mol. The number of hydrogen-bond donors (Lipinski definition) is 0. The van der Waals surface area contributed by atoms with Crippen molar-refractivity contribution in [1.29, 1.82) is 0 Å². The van der Waals surface area contributed by atoms with Crippen molar-refractivity contribution < 1.29 is 9.53 Å². The van der Waals surface area contributed by atoms with E-state index in [-0.39, 0.29) is 11.6 Å². The van der Waals surface area contributed by atoms with E-state index in [2.05, 4.69) is 27.6 Å². The molecule has 2 aromatic rings. The number of carbonyl (C=O) groups excluding carboxylic acids is 1. The fourth-order valence-corrected chi connectivity index (χ4v) is 2.94. The molecule has 0 N–H and O–H groups in total. The summed E-state index contributed by atoms with van der Waals surface area (Å²) in [6.45, 7) is 1.99. The van der Waals surface area contributed by atoms with Gasteiger partial charge in [-0.15, -0.1) is 0 Å². The first kappa shape index (κ1) is 16.5. The molecule has 1 heterocycles. The average Bonchev–Trinajstić information content (AvgIpc) is 2.87. The Morgan fingerprint density at radius 1 is 1.17 bits per heavy atom. The van der Waals surface area contributed by atoms with Gasteiger partial charge in [-0.05, 0) is 71.5 Å². The predicted molar refractivity (Wildman–Crippen MR) is 101 cm³/mol. The van der Waals surface area contributed by atoms with Gasteiger partial charge in [0.05, 0.1) is 0 Å². The molecule has 0 saturated heterocycles. The summed E-state index contributed by atoms with van der Waals surface area (Å²) < 4.78 is 6.40. The molecule has 116 valence electrons. The largest absolute Gasteiger partial charge is 0.402 e. The molecular formula is C17H10Cl2INO2. The smallest absolute Gasteiger partial charge is 0.363 e. The highest BCUT2D eigenvalue weighted by Gasteiger charge is 2.25. The van der Waals surface area contributed by atoms with E-state index in [1.165, 1.54) is 0 Å². The summed E-state index contributed by atoms with van der Waals surface area (Å²) in [6, 6.07) is 10.9. The van der Waals surface area contributed by atoms with Crippen LogP contribution in [0.1, 0.15) is 16.7 Å². The number of aliphatic imine (C=N–C) groups is 1. The number of aryl methyl sites for hydroxylation is 1. The van der Waals surface area contributed by atoms with Gasteiger partial charge in [-0.2, -0.15) is 0 Å². The average molecular weight is 458 g/mol. The van der Waals surface area contributed by atoms with Gasteiger partial charge in [0.25, 0.3) is 0 Å². The van der Waals surface area contributed by atoms with Gasteiger partial charge in [-0.3, -0.25) is 0 Å². The van der Waals surface area contributed by atoms with Crippen LogP contribution in [-0.2, 0) is 9.53 Å². The van der Waals surface area contributed by atoms with E-state index >= 15 is 0 Å². The molecule has 1 aliphatic heterocycles. The van der Waals surface area contributed by atoms with Crippen molar-refractivity contribution in [3.8, 4) is 0 Å². The Balaban J connectivity index is 2.01. The Morgan fingerprint density at radius 2 is 1.87 bits per heavy atom. The van der Waals surface area contributed by atoms with Gasteiger partial charge in [-0.25, -0.2) is 9.79 Å². The summed E-state index contributed by atoms with van der Waals surface area (Å²) in [5, 5.41) is 0.901. The molecule has 1 aliphatic rings. The number of rotatable bonds is 2. The van der Waals surface area contributed by atoms with E-state index < -0.39 is 5.97 Å². The van der Waals surface area contributed by atoms with E-state index in [9.17, 15) is 4.79 Å². The maximum Gasteiger partial charge on any atom is 0.363 e. The lowest BCUT2D eigenvalue weighted by molar-refractivity contribution is -0.129. The number of carbonyl (C=O) groups is 1. The molecule has 0 unspecified atom stereocenters. The van der Waals surface area contributed by atoms with E-state index in [1.807, 2.05) is 25.1 Å².